The number of pyridine rings is 1. The quantitative estimate of drug-likeness (QED) is 0.110. The van der Waals surface area contributed by atoms with Crippen molar-refractivity contribution in [2.45, 2.75) is 0 Å². The average Bonchev–Trinajstić information content (AvgIpc) is 4.08. The second-order valence-electron chi connectivity index (χ2n) is 18.3. The van der Waals surface area contributed by atoms with Crippen LogP contribution in [0.5, 0.6) is 0 Å². The fourth-order valence-corrected chi connectivity index (χ4v) is 16.7. The van der Waals surface area contributed by atoms with Crippen LogP contribution in [0.25, 0.3) is 93.9 Å². The molecule has 4 nitrogen and oxygen atoms in total. The van der Waals surface area contributed by atoms with Crippen LogP contribution >= 0.6 is 0 Å². The maximum absolute atomic E-state index is 5.85. The molecule has 0 unspecified atom stereocenters. The van der Waals surface area contributed by atoms with Gasteiger partial charge in [0.1, 0.15) is 5.82 Å². The molecular weight excluding hydrogens is 865 g/mol. The second kappa shape index (κ2) is 16.1. The van der Waals surface area contributed by atoms with Crippen molar-refractivity contribution in [1.29, 1.82) is 0 Å². The van der Waals surface area contributed by atoms with E-state index in [1.807, 2.05) is 0 Å². The lowest BCUT2D eigenvalue weighted by atomic mass is 10.1. The molecule has 328 valence electrons. The van der Waals surface area contributed by atoms with Crippen molar-refractivity contribution in [3.63, 3.8) is 0 Å². The van der Waals surface area contributed by atoms with Gasteiger partial charge in [-0.1, -0.05) is 206 Å². The lowest BCUT2D eigenvalue weighted by Gasteiger charge is -2.36. The Hall–Kier alpha value is -9.03. The van der Waals surface area contributed by atoms with Gasteiger partial charge in [-0.25, -0.2) is 4.98 Å². The number of nitrogens with zero attached hydrogens (tertiary/aromatic N) is 4. The summed E-state index contributed by atoms with van der Waals surface area (Å²) in [6.07, 6.45) is 0. The number of para-hydroxylation sites is 5. The molecule has 0 bridgehead atoms. The summed E-state index contributed by atoms with van der Waals surface area (Å²) in [7, 11) is -3.00. The minimum absolute atomic E-state index is 0.860. The third-order valence-corrected chi connectivity index (χ3v) is 19.4. The summed E-state index contributed by atoms with van der Waals surface area (Å²) in [6.45, 7) is 0. The third-order valence-electron chi connectivity index (χ3n) is 14.6. The van der Waals surface area contributed by atoms with E-state index in [1.165, 1.54) is 64.1 Å². The van der Waals surface area contributed by atoms with Crippen molar-refractivity contribution in [3.05, 3.63) is 267 Å². The number of hydrogen-bond acceptors (Lipinski definition) is 1. The van der Waals surface area contributed by atoms with Crippen LogP contribution < -0.4 is 20.7 Å². The first-order valence-electron chi connectivity index (χ1n) is 24.0. The summed E-state index contributed by atoms with van der Waals surface area (Å²) in [6, 6.07) is 98.1. The Kier molecular flexibility index (Phi) is 9.19. The van der Waals surface area contributed by atoms with E-state index in [1.54, 1.807) is 0 Å². The topological polar surface area (TPSA) is 27.7 Å². The number of rotatable bonds is 8. The Morgan fingerprint density at radius 3 is 1.13 bits per heavy atom. The van der Waals surface area contributed by atoms with Gasteiger partial charge in [0.25, 0.3) is 0 Å². The molecule has 14 rings (SSSR count). The first-order valence-corrected chi connectivity index (χ1v) is 26.0. The molecule has 4 heterocycles. The van der Waals surface area contributed by atoms with Crippen LogP contribution in [-0.4, -0.2) is 26.8 Å². The van der Waals surface area contributed by atoms with E-state index in [0.717, 1.165) is 50.5 Å². The zero-order chi connectivity index (χ0) is 46.2. The van der Waals surface area contributed by atoms with E-state index in [2.05, 4.69) is 281 Å². The van der Waals surface area contributed by atoms with Crippen LogP contribution in [0, 0.1) is 0 Å². The van der Waals surface area contributed by atoms with E-state index in [-0.39, 0.29) is 0 Å². The molecule has 0 atom stereocenters. The molecule has 10 aromatic carbocycles. The standard InChI is InChI=1S/C65H44N4Si/c1-4-22-47(23-5-1)70(48-24-6-2-7-25-48,49-26-8-3-9-27-49)64-39-21-15-33-55(64)57-43-46(44-65(66-57)69-61-37-19-12-30-52(61)53-31-13-20-38-62(53)69)68-60-36-18-14-32-54(60)56-42-45(40-41-63(56)68)67-58-34-16-10-28-50(58)51-29-11-17-35-59(51)67/h1-44H. The normalized spacial score (nSPS) is 12.0. The van der Waals surface area contributed by atoms with Crippen LogP contribution in [0.2, 0.25) is 0 Å². The van der Waals surface area contributed by atoms with Crippen molar-refractivity contribution in [2.24, 2.45) is 0 Å². The maximum atomic E-state index is 5.85. The number of fused-ring (bicyclic) bond motifs is 9. The number of aromatic nitrogens is 4. The Bertz CT molecular complexity index is 4100. The molecule has 14 aromatic rings. The molecule has 0 aliphatic carbocycles. The Labute approximate surface area is 406 Å². The van der Waals surface area contributed by atoms with Gasteiger partial charge < -0.3 is 9.13 Å². The van der Waals surface area contributed by atoms with Crippen molar-refractivity contribution < 1.29 is 0 Å². The Morgan fingerprint density at radius 1 is 0.271 bits per heavy atom. The summed E-state index contributed by atoms with van der Waals surface area (Å²) in [5.41, 5.74) is 11.1. The van der Waals surface area contributed by atoms with E-state index in [0.29, 0.717) is 0 Å². The molecule has 0 spiro atoms. The first kappa shape index (κ1) is 40.1. The Morgan fingerprint density at radius 2 is 0.643 bits per heavy atom. The average molecular weight is 909 g/mol. The molecule has 0 saturated carbocycles. The summed E-state index contributed by atoms with van der Waals surface area (Å²) in [4.78, 5) is 5.85. The predicted octanol–water partition coefficient (Wildman–Crippen LogP) is 13.4. The van der Waals surface area contributed by atoms with Gasteiger partial charge in [0.05, 0.1) is 44.5 Å². The summed E-state index contributed by atoms with van der Waals surface area (Å²) in [5.74, 6) is 0.860. The molecule has 0 aliphatic heterocycles. The van der Waals surface area contributed by atoms with Gasteiger partial charge in [-0.15, -0.1) is 0 Å². The molecule has 0 radical (unpaired) electrons. The van der Waals surface area contributed by atoms with Gasteiger partial charge in [0.2, 0.25) is 0 Å². The van der Waals surface area contributed by atoms with Crippen LogP contribution in [-0.2, 0) is 0 Å². The van der Waals surface area contributed by atoms with Gasteiger partial charge in [0.15, 0.2) is 8.07 Å². The molecule has 0 fully saturated rings. The van der Waals surface area contributed by atoms with Crippen LogP contribution in [0.3, 0.4) is 0 Å². The Balaban J connectivity index is 1.08. The van der Waals surface area contributed by atoms with E-state index in [9.17, 15) is 0 Å². The molecule has 4 aromatic heterocycles. The van der Waals surface area contributed by atoms with E-state index < -0.39 is 8.07 Å². The minimum Gasteiger partial charge on any atom is -0.309 e. The number of benzene rings is 10. The van der Waals surface area contributed by atoms with Crippen molar-refractivity contribution in [2.75, 3.05) is 0 Å². The van der Waals surface area contributed by atoms with E-state index in [4.69, 9.17) is 4.98 Å². The maximum Gasteiger partial charge on any atom is 0.180 e. The second-order valence-corrected chi connectivity index (χ2v) is 22.0. The molecule has 0 N–H and O–H groups in total. The fourth-order valence-electron chi connectivity index (χ4n) is 11.7. The van der Waals surface area contributed by atoms with Gasteiger partial charge in [-0.05, 0) is 75.3 Å². The van der Waals surface area contributed by atoms with Crippen molar-refractivity contribution >= 4 is 94.2 Å². The highest BCUT2D eigenvalue weighted by molar-refractivity contribution is 7.20. The lowest BCUT2D eigenvalue weighted by Crippen LogP contribution is -2.75. The summed E-state index contributed by atoms with van der Waals surface area (Å²) >= 11 is 0. The van der Waals surface area contributed by atoms with Gasteiger partial charge >= 0.3 is 0 Å². The molecule has 0 saturated heterocycles. The molecule has 5 heteroatoms. The van der Waals surface area contributed by atoms with Crippen LogP contribution in [0.1, 0.15) is 0 Å². The molecule has 0 aliphatic rings. The smallest absolute Gasteiger partial charge is 0.180 e. The third kappa shape index (κ3) is 5.98. The van der Waals surface area contributed by atoms with E-state index >= 15 is 0 Å². The molecule has 0 amide bonds. The van der Waals surface area contributed by atoms with Gasteiger partial charge in [0, 0.05) is 49.6 Å². The van der Waals surface area contributed by atoms with Crippen molar-refractivity contribution in [1.82, 2.24) is 18.7 Å². The summed E-state index contributed by atoms with van der Waals surface area (Å²) < 4.78 is 7.24. The first-order chi connectivity index (χ1) is 34.8. The predicted molar refractivity (Wildman–Crippen MR) is 296 cm³/mol. The zero-order valence-electron chi connectivity index (χ0n) is 38.2. The lowest BCUT2D eigenvalue weighted by molar-refractivity contribution is 1.06. The van der Waals surface area contributed by atoms with Gasteiger partial charge in [-0.2, -0.15) is 0 Å². The molecule has 70 heavy (non-hydrogen) atoms. The summed E-state index contributed by atoms with van der Waals surface area (Å²) in [5, 5.41) is 12.5. The van der Waals surface area contributed by atoms with Gasteiger partial charge in [-0.3, -0.25) is 4.57 Å². The highest BCUT2D eigenvalue weighted by Gasteiger charge is 2.43. The SMILES string of the molecule is c1ccc([Si](c2ccccc2)(c2ccccc2)c2ccccc2-c2cc(-n3c4ccccc4c4cc(-n5c6ccccc6c6ccccc65)ccc43)cc(-n3c4ccccc4c4ccccc43)n2)cc1. The van der Waals surface area contributed by atoms with Crippen LogP contribution in [0.4, 0.5) is 0 Å². The zero-order valence-corrected chi connectivity index (χ0v) is 39.2. The fraction of sp³-hybridized carbons (Fsp3) is 0. The van der Waals surface area contributed by atoms with Crippen LogP contribution in [0.15, 0.2) is 267 Å². The van der Waals surface area contributed by atoms with Crippen molar-refractivity contribution in [3.8, 4) is 28.5 Å². The highest BCUT2D eigenvalue weighted by Crippen LogP contribution is 2.39. The number of hydrogen-bond donors (Lipinski definition) is 0. The largest absolute Gasteiger partial charge is 0.309 e. The molecular formula is C65H44N4Si. The monoisotopic (exact) mass is 908 g/mol. The highest BCUT2D eigenvalue weighted by atomic mass is 28.3. The minimum atomic E-state index is -3.00.